The second kappa shape index (κ2) is 5.87. The molecule has 88 valence electrons. The molecule has 4 heteroatoms. The number of hydrogen-bond acceptors (Lipinski definition) is 2. The Bertz CT molecular complexity index is 353. The SMILES string of the molecule is COCC1C[NH+]=C(N)C1c1ccccc1.[Cl-]. The van der Waals surface area contributed by atoms with Gasteiger partial charge in [0.1, 0.15) is 0 Å². The van der Waals surface area contributed by atoms with Crippen molar-refractivity contribution in [2.24, 2.45) is 11.7 Å². The first kappa shape index (κ1) is 13.0. The standard InChI is InChI=1S/C12H16N2O.ClH/c1-15-8-10-7-14-12(13)11(10)9-5-3-2-4-6-9;/h2-6,10-11H,7-8H2,1H3,(H2,13,14);1H. The van der Waals surface area contributed by atoms with Crippen LogP contribution >= 0.6 is 0 Å². The highest BCUT2D eigenvalue weighted by Gasteiger charge is 2.35. The molecular weight excluding hydrogens is 224 g/mol. The fourth-order valence-electron chi connectivity index (χ4n) is 2.21. The second-order valence-electron chi connectivity index (χ2n) is 3.94. The molecule has 1 aliphatic rings. The minimum absolute atomic E-state index is 0. The topological polar surface area (TPSA) is 49.2 Å². The maximum atomic E-state index is 5.98. The lowest BCUT2D eigenvalue weighted by Crippen LogP contribution is -3.00. The average Bonchev–Trinajstić information content (AvgIpc) is 2.62. The number of nitrogens with one attached hydrogen (secondary N) is 1. The zero-order chi connectivity index (χ0) is 10.7. The largest absolute Gasteiger partial charge is 1.00 e. The average molecular weight is 241 g/mol. The monoisotopic (exact) mass is 240 g/mol. The molecule has 0 aliphatic carbocycles. The molecule has 0 saturated carbocycles. The molecule has 1 aromatic carbocycles. The summed E-state index contributed by atoms with van der Waals surface area (Å²) in [7, 11) is 1.73. The quantitative estimate of drug-likeness (QED) is 0.576. The first-order chi connectivity index (χ1) is 7.33. The van der Waals surface area contributed by atoms with E-state index >= 15 is 0 Å². The van der Waals surface area contributed by atoms with Crippen molar-refractivity contribution in [1.29, 1.82) is 0 Å². The summed E-state index contributed by atoms with van der Waals surface area (Å²) in [6.45, 7) is 1.65. The van der Waals surface area contributed by atoms with Crippen molar-refractivity contribution in [1.82, 2.24) is 0 Å². The van der Waals surface area contributed by atoms with Crippen LogP contribution in [-0.4, -0.2) is 26.1 Å². The number of rotatable bonds is 3. The van der Waals surface area contributed by atoms with E-state index in [1.54, 1.807) is 7.11 Å². The van der Waals surface area contributed by atoms with Crippen molar-refractivity contribution in [3.05, 3.63) is 35.9 Å². The van der Waals surface area contributed by atoms with E-state index in [1.807, 2.05) is 18.2 Å². The smallest absolute Gasteiger partial charge is 0.248 e. The lowest BCUT2D eigenvalue weighted by atomic mass is 9.88. The molecule has 3 N–H and O–H groups in total. The molecule has 1 heterocycles. The van der Waals surface area contributed by atoms with E-state index in [1.165, 1.54) is 5.56 Å². The number of amidine groups is 1. The van der Waals surface area contributed by atoms with Gasteiger partial charge in [-0.1, -0.05) is 30.3 Å². The first-order valence-corrected chi connectivity index (χ1v) is 5.23. The third-order valence-corrected chi connectivity index (χ3v) is 2.91. The van der Waals surface area contributed by atoms with Crippen molar-refractivity contribution in [2.75, 3.05) is 20.3 Å². The zero-order valence-electron chi connectivity index (χ0n) is 9.32. The summed E-state index contributed by atoms with van der Waals surface area (Å²) in [5.74, 6) is 1.59. The van der Waals surface area contributed by atoms with Gasteiger partial charge < -0.3 is 17.1 Å². The van der Waals surface area contributed by atoms with Gasteiger partial charge >= 0.3 is 0 Å². The van der Waals surface area contributed by atoms with Crippen LogP contribution in [0.5, 0.6) is 0 Å². The summed E-state index contributed by atoms with van der Waals surface area (Å²) in [5.41, 5.74) is 7.25. The van der Waals surface area contributed by atoms with Crippen LogP contribution in [-0.2, 0) is 4.74 Å². The van der Waals surface area contributed by atoms with Crippen LogP contribution in [0.2, 0.25) is 0 Å². The number of halogens is 1. The normalized spacial score (nSPS) is 23.7. The van der Waals surface area contributed by atoms with Gasteiger partial charge in [-0.2, -0.15) is 0 Å². The van der Waals surface area contributed by atoms with Gasteiger partial charge in [-0.25, -0.2) is 0 Å². The summed E-state index contributed by atoms with van der Waals surface area (Å²) >= 11 is 0. The molecule has 0 bridgehead atoms. The molecule has 0 amide bonds. The summed E-state index contributed by atoms with van der Waals surface area (Å²) < 4.78 is 5.22. The van der Waals surface area contributed by atoms with Gasteiger partial charge in [0.25, 0.3) is 0 Å². The van der Waals surface area contributed by atoms with Crippen LogP contribution in [0.25, 0.3) is 0 Å². The van der Waals surface area contributed by atoms with Crippen molar-refractivity contribution in [3.8, 4) is 0 Å². The number of benzene rings is 1. The van der Waals surface area contributed by atoms with E-state index in [0.29, 0.717) is 5.92 Å². The molecular formula is C12H17ClN2O. The highest BCUT2D eigenvalue weighted by molar-refractivity contribution is 5.83. The lowest BCUT2D eigenvalue weighted by Gasteiger charge is -2.15. The Labute approximate surface area is 102 Å². The van der Waals surface area contributed by atoms with Gasteiger partial charge in [0.05, 0.1) is 19.1 Å². The predicted octanol–water partition coefficient (Wildman–Crippen LogP) is -3.51. The highest BCUT2D eigenvalue weighted by Crippen LogP contribution is 2.25. The summed E-state index contributed by atoms with van der Waals surface area (Å²) in [5, 5.41) is 0. The first-order valence-electron chi connectivity index (χ1n) is 5.23. The Morgan fingerprint density at radius 3 is 2.69 bits per heavy atom. The molecule has 0 radical (unpaired) electrons. The van der Waals surface area contributed by atoms with E-state index < -0.39 is 0 Å². The van der Waals surface area contributed by atoms with Crippen molar-refractivity contribution in [3.63, 3.8) is 0 Å². The van der Waals surface area contributed by atoms with E-state index in [2.05, 4.69) is 17.1 Å². The van der Waals surface area contributed by atoms with E-state index in [9.17, 15) is 0 Å². The van der Waals surface area contributed by atoms with Crippen LogP contribution in [0.4, 0.5) is 0 Å². The molecule has 1 aromatic rings. The van der Waals surface area contributed by atoms with Crippen LogP contribution in [0.1, 0.15) is 11.5 Å². The Morgan fingerprint density at radius 2 is 2.06 bits per heavy atom. The molecule has 2 rings (SSSR count). The molecule has 0 aromatic heterocycles. The highest BCUT2D eigenvalue weighted by atomic mass is 35.5. The molecule has 0 fully saturated rings. The number of nitrogens with two attached hydrogens (primary N) is 1. The van der Waals surface area contributed by atoms with Crippen LogP contribution < -0.4 is 23.1 Å². The van der Waals surface area contributed by atoms with Crippen LogP contribution in [0.15, 0.2) is 30.3 Å². The van der Waals surface area contributed by atoms with E-state index in [-0.39, 0.29) is 18.3 Å². The summed E-state index contributed by atoms with van der Waals surface area (Å²) in [4.78, 5) is 3.22. The number of methoxy groups -OCH3 is 1. The Balaban J connectivity index is 0.00000128. The third kappa shape index (κ3) is 2.54. The molecule has 2 unspecified atom stereocenters. The van der Waals surface area contributed by atoms with E-state index in [0.717, 1.165) is 19.0 Å². The predicted molar refractivity (Wildman–Crippen MR) is 59.6 cm³/mol. The van der Waals surface area contributed by atoms with Crippen molar-refractivity contribution in [2.45, 2.75) is 5.92 Å². The van der Waals surface area contributed by atoms with Gasteiger partial charge in [-0.3, -0.25) is 10.7 Å². The minimum atomic E-state index is 0. The second-order valence-corrected chi connectivity index (χ2v) is 3.94. The molecule has 1 aliphatic heterocycles. The maximum Gasteiger partial charge on any atom is 0.248 e. The van der Waals surface area contributed by atoms with Gasteiger partial charge in [0.15, 0.2) is 0 Å². The lowest BCUT2D eigenvalue weighted by molar-refractivity contribution is -0.455. The van der Waals surface area contributed by atoms with Gasteiger partial charge in [-0.15, -0.1) is 0 Å². The molecule has 2 atom stereocenters. The summed E-state index contributed by atoms with van der Waals surface area (Å²) in [6, 6.07) is 10.4. The maximum absolute atomic E-state index is 5.98. The van der Waals surface area contributed by atoms with Crippen LogP contribution in [0.3, 0.4) is 0 Å². The van der Waals surface area contributed by atoms with Crippen LogP contribution in [0, 0.1) is 5.92 Å². The number of ether oxygens (including phenoxy) is 1. The van der Waals surface area contributed by atoms with Crippen molar-refractivity contribution < 1.29 is 22.1 Å². The molecule has 0 spiro atoms. The Hall–Kier alpha value is -1.06. The molecule has 16 heavy (non-hydrogen) atoms. The van der Waals surface area contributed by atoms with Gasteiger partial charge in [0.2, 0.25) is 5.84 Å². The Morgan fingerprint density at radius 1 is 1.38 bits per heavy atom. The molecule has 0 saturated heterocycles. The third-order valence-electron chi connectivity index (χ3n) is 2.91. The van der Waals surface area contributed by atoms with Crippen molar-refractivity contribution >= 4 is 5.84 Å². The zero-order valence-corrected chi connectivity index (χ0v) is 10.1. The summed E-state index contributed by atoms with van der Waals surface area (Å²) in [6.07, 6.45) is 0. The van der Waals surface area contributed by atoms with Gasteiger partial charge in [0, 0.05) is 13.0 Å². The Kier molecular flexibility index (Phi) is 4.77. The van der Waals surface area contributed by atoms with Gasteiger partial charge in [-0.05, 0) is 5.56 Å². The minimum Gasteiger partial charge on any atom is -1.00 e. The fraction of sp³-hybridized carbons (Fsp3) is 0.417. The molecule has 3 nitrogen and oxygen atoms in total. The number of hydrogen-bond donors (Lipinski definition) is 2. The van der Waals surface area contributed by atoms with E-state index in [4.69, 9.17) is 10.5 Å². The fourth-order valence-corrected chi connectivity index (χ4v) is 2.21.